The molecule has 2 atom stereocenters. The van der Waals surface area contributed by atoms with Crippen LogP contribution >= 0.6 is 0 Å². The monoisotopic (exact) mass is 183 g/mol. The van der Waals surface area contributed by atoms with Crippen molar-refractivity contribution in [2.45, 2.75) is 59.4 Å². The van der Waals surface area contributed by atoms with Gasteiger partial charge in [0.2, 0.25) is 0 Å². The van der Waals surface area contributed by atoms with E-state index in [2.05, 4.69) is 33.0 Å². The molecule has 1 saturated heterocycles. The van der Waals surface area contributed by atoms with Crippen LogP contribution in [0.3, 0.4) is 0 Å². The first-order valence-electron chi connectivity index (χ1n) is 5.79. The molecule has 0 saturated carbocycles. The molecular formula is C12H25N. The molecule has 0 aliphatic carbocycles. The van der Waals surface area contributed by atoms with E-state index in [1.165, 1.54) is 32.2 Å². The molecule has 1 aliphatic heterocycles. The first-order valence-corrected chi connectivity index (χ1v) is 5.79. The summed E-state index contributed by atoms with van der Waals surface area (Å²) in [6.45, 7) is 10.7. The van der Waals surface area contributed by atoms with E-state index in [4.69, 9.17) is 0 Å². The van der Waals surface area contributed by atoms with Crippen LogP contribution in [0, 0.1) is 11.3 Å². The average Bonchev–Trinajstić information content (AvgIpc) is 2.02. The van der Waals surface area contributed by atoms with Crippen molar-refractivity contribution in [1.29, 1.82) is 0 Å². The zero-order valence-electron chi connectivity index (χ0n) is 9.69. The summed E-state index contributed by atoms with van der Waals surface area (Å²) in [5, 5.41) is 3.58. The van der Waals surface area contributed by atoms with Gasteiger partial charge in [0.1, 0.15) is 0 Å². The zero-order valence-corrected chi connectivity index (χ0v) is 9.69. The van der Waals surface area contributed by atoms with Gasteiger partial charge in [-0.1, -0.05) is 27.2 Å². The SMILES string of the molecule is CCC1CC[C@H](C)NCCC1(C)C. The van der Waals surface area contributed by atoms with E-state index in [0.29, 0.717) is 5.41 Å². The summed E-state index contributed by atoms with van der Waals surface area (Å²) in [5.41, 5.74) is 0.544. The van der Waals surface area contributed by atoms with Gasteiger partial charge in [-0.05, 0) is 44.1 Å². The van der Waals surface area contributed by atoms with Crippen molar-refractivity contribution in [1.82, 2.24) is 5.32 Å². The minimum absolute atomic E-state index is 0.544. The predicted octanol–water partition coefficient (Wildman–Crippen LogP) is 3.20. The first kappa shape index (κ1) is 11.0. The normalized spacial score (nSPS) is 35.1. The number of rotatable bonds is 1. The van der Waals surface area contributed by atoms with E-state index in [1.54, 1.807) is 0 Å². The lowest BCUT2D eigenvalue weighted by Gasteiger charge is -2.37. The van der Waals surface area contributed by atoms with E-state index >= 15 is 0 Å². The molecule has 0 radical (unpaired) electrons. The summed E-state index contributed by atoms with van der Waals surface area (Å²) in [5.74, 6) is 0.928. The molecule has 0 aromatic carbocycles. The maximum Gasteiger partial charge on any atom is 0.00388 e. The molecule has 78 valence electrons. The second-order valence-corrected chi connectivity index (χ2v) is 5.28. The quantitative estimate of drug-likeness (QED) is 0.658. The zero-order chi connectivity index (χ0) is 9.90. The third-order valence-electron chi connectivity index (χ3n) is 3.81. The van der Waals surface area contributed by atoms with Gasteiger partial charge in [-0.25, -0.2) is 0 Å². The van der Waals surface area contributed by atoms with Gasteiger partial charge in [0.25, 0.3) is 0 Å². The van der Waals surface area contributed by atoms with Crippen LogP contribution in [0.1, 0.15) is 53.4 Å². The molecule has 0 spiro atoms. The molecule has 1 fully saturated rings. The summed E-state index contributed by atoms with van der Waals surface area (Å²) in [4.78, 5) is 0. The Morgan fingerprint density at radius 3 is 2.62 bits per heavy atom. The number of hydrogen-bond donors (Lipinski definition) is 1. The van der Waals surface area contributed by atoms with Crippen LogP contribution in [-0.4, -0.2) is 12.6 Å². The van der Waals surface area contributed by atoms with Crippen molar-refractivity contribution < 1.29 is 0 Å². The van der Waals surface area contributed by atoms with Crippen LogP contribution in [0.15, 0.2) is 0 Å². The highest BCUT2D eigenvalue weighted by Gasteiger charge is 2.29. The Hall–Kier alpha value is -0.0400. The second-order valence-electron chi connectivity index (χ2n) is 5.28. The lowest BCUT2D eigenvalue weighted by molar-refractivity contribution is 0.152. The molecule has 0 aromatic heterocycles. The summed E-state index contributed by atoms with van der Waals surface area (Å²) >= 11 is 0. The highest BCUT2D eigenvalue weighted by molar-refractivity contribution is 4.82. The minimum Gasteiger partial charge on any atom is -0.314 e. The second kappa shape index (κ2) is 4.45. The van der Waals surface area contributed by atoms with Crippen LogP contribution in [-0.2, 0) is 0 Å². The third-order valence-corrected chi connectivity index (χ3v) is 3.81. The van der Waals surface area contributed by atoms with E-state index in [0.717, 1.165) is 12.0 Å². The van der Waals surface area contributed by atoms with Gasteiger partial charge in [-0.2, -0.15) is 0 Å². The number of nitrogens with one attached hydrogen (secondary N) is 1. The van der Waals surface area contributed by atoms with Crippen LogP contribution < -0.4 is 5.32 Å². The molecule has 1 heteroatoms. The van der Waals surface area contributed by atoms with Crippen LogP contribution in [0.25, 0.3) is 0 Å². The lowest BCUT2D eigenvalue weighted by atomic mass is 9.71. The molecular weight excluding hydrogens is 158 g/mol. The predicted molar refractivity (Wildman–Crippen MR) is 58.9 cm³/mol. The van der Waals surface area contributed by atoms with E-state index < -0.39 is 0 Å². The Kier molecular flexibility index (Phi) is 3.78. The van der Waals surface area contributed by atoms with Gasteiger partial charge in [0.05, 0.1) is 0 Å². The van der Waals surface area contributed by atoms with Gasteiger partial charge in [0, 0.05) is 6.04 Å². The molecule has 1 heterocycles. The Morgan fingerprint density at radius 1 is 1.31 bits per heavy atom. The van der Waals surface area contributed by atoms with Crippen molar-refractivity contribution >= 4 is 0 Å². The molecule has 1 nitrogen and oxygen atoms in total. The Morgan fingerprint density at radius 2 is 2.00 bits per heavy atom. The smallest absolute Gasteiger partial charge is 0.00388 e. The lowest BCUT2D eigenvalue weighted by Crippen LogP contribution is -2.37. The fourth-order valence-corrected chi connectivity index (χ4v) is 2.55. The summed E-state index contributed by atoms with van der Waals surface area (Å²) in [6, 6.07) is 0.727. The van der Waals surface area contributed by atoms with Crippen molar-refractivity contribution in [2.24, 2.45) is 11.3 Å². The van der Waals surface area contributed by atoms with Crippen molar-refractivity contribution in [3.63, 3.8) is 0 Å². The van der Waals surface area contributed by atoms with Crippen LogP contribution in [0.2, 0.25) is 0 Å². The highest BCUT2D eigenvalue weighted by atomic mass is 14.9. The molecule has 1 N–H and O–H groups in total. The van der Waals surface area contributed by atoms with Crippen molar-refractivity contribution in [3.8, 4) is 0 Å². The van der Waals surface area contributed by atoms with Crippen molar-refractivity contribution in [2.75, 3.05) is 6.54 Å². The maximum absolute atomic E-state index is 3.58. The largest absolute Gasteiger partial charge is 0.314 e. The molecule has 1 aliphatic rings. The standard InChI is InChI=1S/C12H25N/c1-5-11-7-6-10(2)13-9-8-12(11,3)4/h10-11,13H,5-9H2,1-4H3/t10-,11?/m0/s1. The first-order chi connectivity index (χ1) is 6.06. The van der Waals surface area contributed by atoms with Gasteiger partial charge < -0.3 is 5.32 Å². The van der Waals surface area contributed by atoms with E-state index in [1.807, 2.05) is 0 Å². The molecule has 1 rings (SSSR count). The highest BCUT2D eigenvalue weighted by Crippen LogP contribution is 2.37. The Labute approximate surface area is 83.3 Å². The van der Waals surface area contributed by atoms with Gasteiger partial charge >= 0.3 is 0 Å². The molecule has 0 amide bonds. The summed E-state index contributed by atoms with van der Waals surface area (Å²) in [6.07, 6.45) is 5.43. The fraction of sp³-hybridized carbons (Fsp3) is 1.00. The summed E-state index contributed by atoms with van der Waals surface area (Å²) < 4.78 is 0. The van der Waals surface area contributed by atoms with Crippen LogP contribution in [0.5, 0.6) is 0 Å². The molecule has 1 unspecified atom stereocenters. The van der Waals surface area contributed by atoms with Gasteiger partial charge in [-0.3, -0.25) is 0 Å². The van der Waals surface area contributed by atoms with Gasteiger partial charge in [0.15, 0.2) is 0 Å². The molecule has 0 bridgehead atoms. The van der Waals surface area contributed by atoms with Crippen molar-refractivity contribution in [3.05, 3.63) is 0 Å². The third kappa shape index (κ3) is 2.98. The van der Waals surface area contributed by atoms with E-state index in [-0.39, 0.29) is 0 Å². The average molecular weight is 183 g/mol. The maximum atomic E-state index is 3.58. The van der Waals surface area contributed by atoms with E-state index in [9.17, 15) is 0 Å². The summed E-state index contributed by atoms with van der Waals surface area (Å²) in [7, 11) is 0. The Bertz CT molecular complexity index is 151. The van der Waals surface area contributed by atoms with Gasteiger partial charge in [-0.15, -0.1) is 0 Å². The fourth-order valence-electron chi connectivity index (χ4n) is 2.55. The van der Waals surface area contributed by atoms with Crippen LogP contribution in [0.4, 0.5) is 0 Å². The molecule has 0 aromatic rings. The Balaban J connectivity index is 2.56. The topological polar surface area (TPSA) is 12.0 Å². The molecule has 13 heavy (non-hydrogen) atoms. The minimum atomic E-state index is 0.544. The number of hydrogen-bond acceptors (Lipinski definition) is 1.